The quantitative estimate of drug-likeness (QED) is 0.680. The highest BCUT2D eigenvalue weighted by Gasteiger charge is 2.20. The highest BCUT2D eigenvalue weighted by molar-refractivity contribution is 14.1. The summed E-state index contributed by atoms with van der Waals surface area (Å²) in [5.41, 5.74) is 3.49. The molecule has 1 aliphatic rings. The van der Waals surface area contributed by atoms with Gasteiger partial charge < -0.3 is 5.32 Å². The number of benzene rings is 1. The van der Waals surface area contributed by atoms with Gasteiger partial charge in [-0.1, -0.05) is 24.4 Å². The summed E-state index contributed by atoms with van der Waals surface area (Å²) in [7, 11) is 0. The van der Waals surface area contributed by atoms with E-state index in [1.54, 1.807) is 0 Å². The van der Waals surface area contributed by atoms with Crippen molar-refractivity contribution < 1.29 is 0 Å². The Kier molecular flexibility index (Phi) is 4.36. The molecule has 1 aliphatic carbocycles. The lowest BCUT2D eigenvalue weighted by Gasteiger charge is -2.15. The first-order chi connectivity index (χ1) is 9.69. The van der Waals surface area contributed by atoms with E-state index in [0.29, 0.717) is 5.92 Å². The number of pyridine rings is 1. The molecular weight excluding hydrogens is 383 g/mol. The Bertz CT molecular complexity index is 636. The SMILES string of the molecule is CCNc1cc(C2CCCC2)nc2c(I)cc(Cl)cc12. The smallest absolute Gasteiger partial charge is 0.0860 e. The van der Waals surface area contributed by atoms with Crippen molar-refractivity contribution >= 4 is 50.8 Å². The van der Waals surface area contributed by atoms with Crippen molar-refractivity contribution in [3.63, 3.8) is 0 Å². The number of aromatic nitrogens is 1. The Morgan fingerprint density at radius 1 is 1.30 bits per heavy atom. The van der Waals surface area contributed by atoms with Gasteiger partial charge in [0.05, 0.1) is 5.52 Å². The molecule has 106 valence electrons. The average Bonchev–Trinajstić information content (AvgIpc) is 2.93. The van der Waals surface area contributed by atoms with Crippen LogP contribution >= 0.6 is 34.2 Å². The van der Waals surface area contributed by atoms with Crippen LogP contribution in [0, 0.1) is 3.57 Å². The molecule has 4 heteroatoms. The van der Waals surface area contributed by atoms with Crippen molar-refractivity contribution in [2.45, 2.75) is 38.5 Å². The fraction of sp³-hybridized carbons (Fsp3) is 0.438. The van der Waals surface area contributed by atoms with E-state index in [2.05, 4.69) is 40.9 Å². The molecule has 2 aromatic rings. The van der Waals surface area contributed by atoms with Gasteiger partial charge in [0, 0.05) is 37.8 Å². The minimum Gasteiger partial charge on any atom is -0.385 e. The lowest BCUT2D eigenvalue weighted by molar-refractivity contribution is 0.701. The fourth-order valence-electron chi connectivity index (χ4n) is 3.04. The molecule has 1 heterocycles. The van der Waals surface area contributed by atoms with Gasteiger partial charge in [-0.3, -0.25) is 4.98 Å². The Hall–Kier alpha value is -0.550. The molecule has 1 aromatic carbocycles. The van der Waals surface area contributed by atoms with Gasteiger partial charge in [-0.15, -0.1) is 0 Å². The van der Waals surface area contributed by atoms with Crippen LogP contribution in [-0.4, -0.2) is 11.5 Å². The third-order valence-electron chi connectivity index (χ3n) is 3.99. The maximum Gasteiger partial charge on any atom is 0.0860 e. The topological polar surface area (TPSA) is 24.9 Å². The predicted molar refractivity (Wildman–Crippen MR) is 94.8 cm³/mol. The van der Waals surface area contributed by atoms with Gasteiger partial charge in [-0.05, 0) is 60.6 Å². The van der Waals surface area contributed by atoms with Crippen LogP contribution in [0.3, 0.4) is 0 Å². The van der Waals surface area contributed by atoms with Crippen LogP contribution in [0.15, 0.2) is 18.2 Å². The van der Waals surface area contributed by atoms with Crippen LogP contribution in [0.5, 0.6) is 0 Å². The number of nitrogens with one attached hydrogen (secondary N) is 1. The van der Waals surface area contributed by atoms with Crippen molar-refractivity contribution in [2.75, 3.05) is 11.9 Å². The van der Waals surface area contributed by atoms with Gasteiger partial charge in [-0.2, -0.15) is 0 Å². The van der Waals surface area contributed by atoms with Gasteiger partial charge in [0.2, 0.25) is 0 Å². The maximum atomic E-state index is 6.20. The third-order valence-corrected chi connectivity index (χ3v) is 5.03. The van der Waals surface area contributed by atoms with E-state index in [-0.39, 0.29) is 0 Å². The van der Waals surface area contributed by atoms with E-state index in [0.717, 1.165) is 26.0 Å². The second kappa shape index (κ2) is 6.06. The highest BCUT2D eigenvalue weighted by atomic mass is 127. The Balaban J connectivity index is 2.19. The number of hydrogen-bond acceptors (Lipinski definition) is 2. The molecule has 0 unspecified atom stereocenters. The zero-order chi connectivity index (χ0) is 14.1. The average molecular weight is 401 g/mol. The summed E-state index contributed by atoms with van der Waals surface area (Å²) >= 11 is 8.54. The molecule has 1 N–H and O–H groups in total. The minimum absolute atomic E-state index is 0.628. The second-order valence-electron chi connectivity index (χ2n) is 5.39. The molecule has 2 nitrogen and oxygen atoms in total. The summed E-state index contributed by atoms with van der Waals surface area (Å²) in [6, 6.07) is 6.24. The highest BCUT2D eigenvalue weighted by Crippen LogP contribution is 2.37. The molecule has 1 fully saturated rings. The fourth-order valence-corrected chi connectivity index (χ4v) is 4.19. The van der Waals surface area contributed by atoms with Gasteiger partial charge in [-0.25, -0.2) is 0 Å². The predicted octanol–water partition coefficient (Wildman–Crippen LogP) is 5.58. The van der Waals surface area contributed by atoms with Gasteiger partial charge >= 0.3 is 0 Å². The number of anilines is 1. The number of halogens is 2. The molecule has 0 amide bonds. The first-order valence-corrected chi connectivity index (χ1v) is 8.68. The number of rotatable bonds is 3. The monoisotopic (exact) mass is 400 g/mol. The van der Waals surface area contributed by atoms with Crippen molar-refractivity contribution in [3.8, 4) is 0 Å². The molecule has 0 aliphatic heterocycles. The third kappa shape index (κ3) is 2.75. The Morgan fingerprint density at radius 3 is 2.75 bits per heavy atom. The van der Waals surface area contributed by atoms with E-state index in [9.17, 15) is 0 Å². The Labute approximate surface area is 138 Å². The minimum atomic E-state index is 0.628. The summed E-state index contributed by atoms with van der Waals surface area (Å²) < 4.78 is 1.13. The Morgan fingerprint density at radius 2 is 2.05 bits per heavy atom. The van der Waals surface area contributed by atoms with Crippen molar-refractivity contribution in [1.29, 1.82) is 0 Å². The molecule has 0 saturated heterocycles. The molecule has 1 saturated carbocycles. The van der Waals surface area contributed by atoms with E-state index in [1.165, 1.54) is 37.1 Å². The zero-order valence-electron chi connectivity index (χ0n) is 11.5. The standard InChI is InChI=1S/C16H18ClIN2/c1-2-19-15-9-14(10-5-3-4-6-10)20-16-12(15)7-11(17)8-13(16)18/h7-10H,2-6H2,1H3,(H,19,20). The van der Waals surface area contributed by atoms with Crippen LogP contribution < -0.4 is 5.32 Å². The van der Waals surface area contributed by atoms with Crippen molar-refractivity contribution in [1.82, 2.24) is 4.98 Å². The lowest BCUT2D eigenvalue weighted by atomic mass is 10.0. The summed E-state index contributed by atoms with van der Waals surface area (Å²) in [6.07, 6.45) is 5.21. The molecule has 0 radical (unpaired) electrons. The van der Waals surface area contributed by atoms with E-state index >= 15 is 0 Å². The van der Waals surface area contributed by atoms with Gasteiger partial charge in [0.1, 0.15) is 0 Å². The number of fused-ring (bicyclic) bond motifs is 1. The zero-order valence-corrected chi connectivity index (χ0v) is 14.5. The molecule has 0 bridgehead atoms. The van der Waals surface area contributed by atoms with E-state index < -0.39 is 0 Å². The van der Waals surface area contributed by atoms with E-state index in [1.807, 2.05) is 12.1 Å². The van der Waals surface area contributed by atoms with Crippen LogP contribution in [-0.2, 0) is 0 Å². The van der Waals surface area contributed by atoms with Gasteiger partial charge in [0.25, 0.3) is 0 Å². The molecule has 3 rings (SSSR count). The molecule has 0 spiro atoms. The van der Waals surface area contributed by atoms with Gasteiger partial charge in [0.15, 0.2) is 0 Å². The van der Waals surface area contributed by atoms with Crippen LogP contribution in [0.1, 0.15) is 44.2 Å². The second-order valence-corrected chi connectivity index (χ2v) is 6.99. The molecule has 20 heavy (non-hydrogen) atoms. The summed E-state index contributed by atoms with van der Waals surface area (Å²) in [5.74, 6) is 0.628. The van der Waals surface area contributed by atoms with Crippen LogP contribution in [0.25, 0.3) is 10.9 Å². The van der Waals surface area contributed by atoms with E-state index in [4.69, 9.17) is 16.6 Å². The summed E-state index contributed by atoms with van der Waals surface area (Å²) in [4.78, 5) is 4.93. The molecule has 1 aromatic heterocycles. The maximum absolute atomic E-state index is 6.20. The normalized spacial score (nSPS) is 15.9. The number of nitrogens with zero attached hydrogens (tertiary/aromatic N) is 1. The first kappa shape index (κ1) is 14.4. The molecular formula is C16H18ClIN2. The summed E-state index contributed by atoms with van der Waals surface area (Å²) in [5, 5.41) is 5.37. The first-order valence-electron chi connectivity index (χ1n) is 7.22. The van der Waals surface area contributed by atoms with Crippen LogP contribution in [0.4, 0.5) is 5.69 Å². The van der Waals surface area contributed by atoms with Crippen molar-refractivity contribution in [3.05, 3.63) is 32.5 Å². The number of hydrogen-bond donors (Lipinski definition) is 1. The van der Waals surface area contributed by atoms with Crippen LogP contribution in [0.2, 0.25) is 5.02 Å². The molecule has 0 atom stereocenters. The lowest BCUT2D eigenvalue weighted by Crippen LogP contribution is -2.03. The largest absolute Gasteiger partial charge is 0.385 e. The summed E-state index contributed by atoms with van der Waals surface area (Å²) in [6.45, 7) is 3.03. The van der Waals surface area contributed by atoms with Crippen molar-refractivity contribution in [2.24, 2.45) is 0 Å².